The van der Waals surface area contributed by atoms with Crippen LogP contribution in [0.5, 0.6) is 11.5 Å². The van der Waals surface area contributed by atoms with Crippen LogP contribution in [0, 0.1) is 19.7 Å². The second-order valence-electron chi connectivity index (χ2n) is 7.88. The highest BCUT2D eigenvalue weighted by Crippen LogP contribution is 2.28. The molecular weight excluding hydrogens is 479 g/mol. The van der Waals surface area contributed by atoms with Gasteiger partial charge in [0.15, 0.2) is 18.1 Å². The highest BCUT2D eigenvalue weighted by Gasteiger charge is 2.15. The van der Waals surface area contributed by atoms with E-state index in [2.05, 4.69) is 21.2 Å². The number of para-hydroxylation sites is 2. The molecule has 0 aliphatic rings. The fourth-order valence-electron chi connectivity index (χ4n) is 3.28. The highest BCUT2D eigenvalue weighted by atomic mass is 19.1. The van der Waals surface area contributed by atoms with Crippen LogP contribution in [-0.2, 0) is 14.4 Å². The Morgan fingerprint density at radius 2 is 1.62 bits per heavy atom. The number of nitrogens with zero attached hydrogens (tertiary/aromatic N) is 1. The molecule has 37 heavy (non-hydrogen) atoms. The molecule has 3 aromatic carbocycles. The van der Waals surface area contributed by atoms with Crippen LogP contribution in [0.4, 0.5) is 15.8 Å². The van der Waals surface area contributed by atoms with E-state index < -0.39 is 17.6 Å². The highest BCUT2D eigenvalue weighted by molar-refractivity contribution is 6.39. The number of anilines is 2. The molecule has 3 N–H and O–H groups in total. The van der Waals surface area contributed by atoms with Gasteiger partial charge in [-0.15, -0.1) is 0 Å². The van der Waals surface area contributed by atoms with E-state index in [0.29, 0.717) is 23.7 Å². The number of carbonyl (C=O) groups excluding carboxylic acids is 3. The van der Waals surface area contributed by atoms with Gasteiger partial charge in [0.2, 0.25) is 0 Å². The fourth-order valence-corrected chi connectivity index (χ4v) is 3.28. The number of amides is 3. The van der Waals surface area contributed by atoms with Crippen LogP contribution in [0.15, 0.2) is 65.8 Å². The van der Waals surface area contributed by atoms with Gasteiger partial charge >= 0.3 is 11.8 Å². The van der Waals surface area contributed by atoms with E-state index in [-0.39, 0.29) is 18.2 Å². The van der Waals surface area contributed by atoms with Gasteiger partial charge < -0.3 is 20.1 Å². The van der Waals surface area contributed by atoms with Crippen LogP contribution in [0.2, 0.25) is 0 Å². The summed E-state index contributed by atoms with van der Waals surface area (Å²) in [6, 6.07) is 16.1. The van der Waals surface area contributed by atoms with E-state index in [0.717, 1.165) is 22.9 Å². The first-order valence-corrected chi connectivity index (χ1v) is 11.4. The predicted molar refractivity (Wildman–Crippen MR) is 138 cm³/mol. The van der Waals surface area contributed by atoms with Gasteiger partial charge in [0.25, 0.3) is 5.91 Å². The summed E-state index contributed by atoms with van der Waals surface area (Å²) in [6.45, 7) is 5.74. The van der Waals surface area contributed by atoms with Crippen molar-refractivity contribution >= 4 is 35.3 Å². The monoisotopic (exact) mass is 506 g/mol. The van der Waals surface area contributed by atoms with Crippen molar-refractivity contribution in [2.24, 2.45) is 5.10 Å². The van der Waals surface area contributed by atoms with Gasteiger partial charge in [0.1, 0.15) is 5.82 Å². The molecule has 0 aliphatic carbocycles. The molecule has 0 saturated carbocycles. The molecule has 0 aliphatic heterocycles. The smallest absolute Gasteiger partial charge is 0.329 e. The third-order valence-corrected chi connectivity index (χ3v) is 5.08. The van der Waals surface area contributed by atoms with Crippen molar-refractivity contribution in [2.45, 2.75) is 20.8 Å². The van der Waals surface area contributed by atoms with Crippen molar-refractivity contribution in [1.82, 2.24) is 5.43 Å². The van der Waals surface area contributed by atoms with Crippen molar-refractivity contribution in [3.8, 4) is 11.5 Å². The zero-order valence-corrected chi connectivity index (χ0v) is 20.6. The summed E-state index contributed by atoms with van der Waals surface area (Å²) < 4.78 is 24.9. The summed E-state index contributed by atoms with van der Waals surface area (Å²) in [5.74, 6) is -2.40. The molecule has 0 spiro atoms. The number of hydrogen-bond acceptors (Lipinski definition) is 6. The van der Waals surface area contributed by atoms with Crippen LogP contribution < -0.4 is 25.5 Å². The van der Waals surface area contributed by atoms with Crippen LogP contribution >= 0.6 is 0 Å². The molecule has 3 aromatic rings. The SMILES string of the molecule is CCOc1cc(/C=N\NC(=O)C(=O)Nc2ccccc2F)ccc1OCC(=O)Nc1c(C)cccc1C. The molecule has 0 atom stereocenters. The Balaban J connectivity index is 1.58. The topological polar surface area (TPSA) is 118 Å². The number of nitrogens with one attached hydrogen (secondary N) is 3. The normalized spacial score (nSPS) is 10.6. The predicted octanol–water partition coefficient (Wildman–Crippen LogP) is 3.95. The van der Waals surface area contributed by atoms with Gasteiger partial charge in [-0.2, -0.15) is 5.10 Å². The molecule has 9 nitrogen and oxygen atoms in total. The second kappa shape index (κ2) is 12.8. The van der Waals surface area contributed by atoms with Crippen molar-refractivity contribution in [1.29, 1.82) is 0 Å². The van der Waals surface area contributed by atoms with Crippen molar-refractivity contribution < 1.29 is 28.2 Å². The third-order valence-electron chi connectivity index (χ3n) is 5.08. The number of benzene rings is 3. The molecular formula is C27H27FN4O5. The first-order chi connectivity index (χ1) is 17.8. The summed E-state index contributed by atoms with van der Waals surface area (Å²) in [6.07, 6.45) is 1.30. The first kappa shape index (κ1) is 26.9. The molecule has 0 unspecified atom stereocenters. The van der Waals surface area contributed by atoms with Crippen molar-refractivity contribution in [2.75, 3.05) is 23.8 Å². The molecule has 192 valence electrons. The van der Waals surface area contributed by atoms with Crippen molar-refractivity contribution in [3.05, 3.63) is 83.2 Å². The number of ether oxygens (including phenoxy) is 2. The van der Waals surface area contributed by atoms with E-state index in [1.165, 1.54) is 24.4 Å². The summed E-state index contributed by atoms with van der Waals surface area (Å²) in [5, 5.41) is 8.78. The fraction of sp³-hybridized carbons (Fsp3) is 0.185. The minimum Gasteiger partial charge on any atom is -0.490 e. The first-order valence-electron chi connectivity index (χ1n) is 11.4. The molecule has 0 radical (unpaired) electrons. The Morgan fingerprint density at radius 3 is 2.32 bits per heavy atom. The number of halogens is 1. The maximum Gasteiger partial charge on any atom is 0.329 e. The standard InChI is InChI=1S/C27H27FN4O5/c1-4-36-23-14-19(15-29-32-27(35)26(34)30-21-11-6-5-10-20(21)28)12-13-22(23)37-16-24(33)31-25-17(2)8-7-9-18(25)3/h5-15H,4,16H2,1-3H3,(H,30,34)(H,31,33)(H,32,35)/b29-15-. The lowest BCUT2D eigenvalue weighted by atomic mass is 10.1. The maximum atomic E-state index is 13.6. The Labute approximate surface area is 213 Å². The van der Waals surface area contributed by atoms with Gasteiger partial charge in [-0.1, -0.05) is 30.3 Å². The van der Waals surface area contributed by atoms with Gasteiger partial charge in [-0.25, -0.2) is 9.82 Å². The quantitative estimate of drug-likeness (QED) is 0.231. The van der Waals surface area contributed by atoms with Crippen LogP contribution in [0.3, 0.4) is 0 Å². The van der Waals surface area contributed by atoms with Crippen LogP contribution in [0.1, 0.15) is 23.6 Å². The third kappa shape index (κ3) is 7.63. The Hall–Kier alpha value is -4.73. The number of hydrogen-bond donors (Lipinski definition) is 3. The zero-order valence-electron chi connectivity index (χ0n) is 20.6. The van der Waals surface area contributed by atoms with E-state index in [9.17, 15) is 18.8 Å². The minimum atomic E-state index is -1.07. The molecule has 0 bridgehead atoms. The van der Waals surface area contributed by atoms with Gasteiger partial charge in [0, 0.05) is 5.69 Å². The molecule has 0 heterocycles. The van der Waals surface area contributed by atoms with Crippen LogP contribution in [0.25, 0.3) is 0 Å². The van der Waals surface area contributed by atoms with E-state index in [1.54, 1.807) is 25.1 Å². The zero-order chi connectivity index (χ0) is 26.8. The molecule has 3 rings (SSSR count). The molecule has 10 heteroatoms. The number of rotatable bonds is 9. The molecule has 3 amide bonds. The van der Waals surface area contributed by atoms with E-state index in [4.69, 9.17) is 9.47 Å². The van der Waals surface area contributed by atoms with Gasteiger partial charge in [-0.3, -0.25) is 14.4 Å². The van der Waals surface area contributed by atoms with Gasteiger partial charge in [0.05, 0.1) is 18.5 Å². The molecule has 0 fully saturated rings. The lowest BCUT2D eigenvalue weighted by Gasteiger charge is -2.14. The number of hydrazone groups is 1. The molecule has 0 aromatic heterocycles. The average molecular weight is 507 g/mol. The summed E-state index contributed by atoms with van der Waals surface area (Å²) in [7, 11) is 0. The lowest BCUT2D eigenvalue weighted by molar-refractivity contribution is -0.136. The van der Waals surface area contributed by atoms with Crippen LogP contribution in [-0.4, -0.2) is 37.1 Å². The van der Waals surface area contributed by atoms with E-state index in [1.807, 2.05) is 32.0 Å². The van der Waals surface area contributed by atoms with Gasteiger partial charge in [-0.05, 0) is 67.8 Å². The van der Waals surface area contributed by atoms with E-state index >= 15 is 0 Å². The molecule has 0 saturated heterocycles. The maximum absolute atomic E-state index is 13.6. The summed E-state index contributed by atoms with van der Waals surface area (Å²) in [5.41, 5.74) is 5.14. The van der Waals surface area contributed by atoms with Crippen molar-refractivity contribution in [3.63, 3.8) is 0 Å². The Morgan fingerprint density at radius 1 is 0.892 bits per heavy atom. The average Bonchev–Trinajstić information content (AvgIpc) is 2.87. The second-order valence-corrected chi connectivity index (χ2v) is 7.88. The minimum absolute atomic E-state index is 0.119. The summed E-state index contributed by atoms with van der Waals surface area (Å²) in [4.78, 5) is 36.3. The Kier molecular flexibility index (Phi) is 9.31. The number of carbonyl (C=O) groups is 3. The lowest BCUT2D eigenvalue weighted by Crippen LogP contribution is -2.32. The summed E-state index contributed by atoms with van der Waals surface area (Å²) >= 11 is 0. The largest absolute Gasteiger partial charge is 0.490 e. The Bertz CT molecular complexity index is 1310. The number of aryl methyl sites for hydroxylation is 2.